The summed E-state index contributed by atoms with van der Waals surface area (Å²) in [6.07, 6.45) is 3.54. The lowest BCUT2D eigenvalue weighted by Gasteiger charge is -2.00. The van der Waals surface area contributed by atoms with Gasteiger partial charge in [-0.15, -0.1) is 0 Å². The molecule has 15 heavy (non-hydrogen) atoms. The number of benzene rings is 1. The molecular formula is C11H12BrNO2. The second kappa shape index (κ2) is 5.56. The maximum Gasteiger partial charge on any atom is 0.217 e. The van der Waals surface area contributed by atoms with Crippen molar-refractivity contribution in [2.45, 2.75) is 6.92 Å². The third kappa shape index (κ3) is 4.16. The maximum atomic E-state index is 10.6. The average Bonchev–Trinajstić information content (AvgIpc) is 2.17. The quantitative estimate of drug-likeness (QED) is 0.885. The Kier molecular flexibility index (Phi) is 4.37. The predicted molar refractivity (Wildman–Crippen MR) is 63.5 cm³/mol. The van der Waals surface area contributed by atoms with Crippen molar-refractivity contribution in [3.8, 4) is 5.75 Å². The van der Waals surface area contributed by atoms with Gasteiger partial charge in [-0.25, -0.2) is 0 Å². The van der Waals surface area contributed by atoms with Crippen LogP contribution in [0.15, 0.2) is 28.7 Å². The summed E-state index contributed by atoms with van der Waals surface area (Å²) in [4.78, 5) is 10.6. The molecule has 80 valence electrons. The molecule has 1 aromatic rings. The van der Waals surface area contributed by atoms with Gasteiger partial charge in [-0.3, -0.25) is 4.79 Å². The summed E-state index contributed by atoms with van der Waals surface area (Å²) in [5.74, 6) is 0.149. The number of phenolic OH excluding ortho intramolecular Hbond substituents is 1. The molecule has 0 bridgehead atoms. The van der Waals surface area contributed by atoms with E-state index in [2.05, 4.69) is 21.2 Å². The van der Waals surface area contributed by atoms with Gasteiger partial charge in [0.15, 0.2) is 0 Å². The number of phenols is 1. The SMILES string of the molecule is CC(=O)NCC=Cc1cc(Br)ccc1O. The molecule has 2 N–H and O–H groups in total. The standard InChI is InChI=1S/C11H12BrNO2/c1-8(14)13-6-2-3-9-7-10(12)4-5-11(9)15/h2-5,7,15H,6H2,1H3,(H,13,14). The van der Waals surface area contributed by atoms with Crippen LogP contribution in [0.1, 0.15) is 12.5 Å². The third-order valence-corrected chi connectivity index (χ3v) is 2.25. The normalized spacial score (nSPS) is 10.5. The van der Waals surface area contributed by atoms with E-state index in [1.807, 2.05) is 0 Å². The van der Waals surface area contributed by atoms with Gasteiger partial charge in [0.1, 0.15) is 5.75 Å². The summed E-state index contributed by atoms with van der Waals surface area (Å²) in [6.45, 7) is 1.92. The first-order valence-corrected chi connectivity index (χ1v) is 5.28. The number of halogens is 1. The van der Waals surface area contributed by atoms with E-state index >= 15 is 0 Å². The molecule has 0 saturated heterocycles. The van der Waals surface area contributed by atoms with Crippen LogP contribution in [0.25, 0.3) is 6.08 Å². The number of aromatic hydroxyl groups is 1. The van der Waals surface area contributed by atoms with Crippen molar-refractivity contribution in [2.24, 2.45) is 0 Å². The van der Waals surface area contributed by atoms with Crippen LogP contribution in [0, 0.1) is 0 Å². The lowest BCUT2D eigenvalue weighted by molar-refractivity contribution is -0.118. The van der Waals surface area contributed by atoms with E-state index in [1.54, 1.807) is 30.4 Å². The smallest absolute Gasteiger partial charge is 0.217 e. The number of carbonyl (C=O) groups excluding carboxylic acids is 1. The van der Waals surface area contributed by atoms with Crippen LogP contribution < -0.4 is 5.32 Å². The van der Waals surface area contributed by atoms with Crippen molar-refractivity contribution in [2.75, 3.05) is 6.54 Å². The first-order chi connectivity index (χ1) is 7.09. The molecule has 0 radical (unpaired) electrons. The van der Waals surface area contributed by atoms with Crippen molar-refractivity contribution in [1.29, 1.82) is 0 Å². The molecule has 0 aromatic heterocycles. The Morgan fingerprint density at radius 2 is 2.33 bits per heavy atom. The van der Waals surface area contributed by atoms with Gasteiger partial charge in [0.05, 0.1) is 0 Å². The molecule has 0 atom stereocenters. The highest BCUT2D eigenvalue weighted by Gasteiger charge is 1.97. The fourth-order valence-electron chi connectivity index (χ4n) is 1.05. The van der Waals surface area contributed by atoms with Gasteiger partial charge in [0.2, 0.25) is 5.91 Å². The number of hydrogen-bond donors (Lipinski definition) is 2. The largest absolute Gasteiger partial charge is 0.507 e. The Morgan fingerprint density at radius 1 is 1.60 bits per heavy atom. The molecule has 0 unspecified atom stereocenters. The van der Waals surface area contributed by atoms with Gasteiger partial charge < -0.3 is 10.4 Å². The summed E-state index contributed by atoms with van der Waals surface area (Å²) in [7, 11) is 0. The van der Waals surface area contributed by atoms with Gasteiger partial charge in [0.25, 0.3) is 0 Å². The number of amides is 1. The third-order valence-electron chi connectivity index (χ3n) is 1.76. The number of rotatable bonds is 3. The van der Waals surface area contributed by atoms with Crippen LogP contribution in [-0.2, 0) is 4.79 Å². The molecule has 0 aliphatic carbocycles. The molecule has 0 aliphatic rings. The van der Waals surface area contributed by atoms with Crippen LogP contribution in [0.4, 0.5) is 0 Å². The fraction of sp³-hybridized carbons (Fsp3) is 0.182. The molecular weight excluding hydrogens is 258 g/mol. The highest BCUT2D eigenvalue weighted by molar-refractivity contribution is 9.10. The van der Waals surface area contributed by atoms with Crippen molar-refractivity contribution in [3.05, 3.63) is 34.3 Å². The molecule has 1 rings (SSSR count). The van der Waals surface area contributed by atoms with E-state index in [1.165, 1.54) is 6.92 Å². The fourth-order valence-corrected chi connectivity index (χ4v) is 1.43. The first kappa shape index (κ1) is 11.8. The van der Waals surface area contributed by atoms with Gasteiger partial charge in [-0.05, 0) is 18.2 Å². The van der Waals surface area contributed by atoms with E-state index in [0.29, 0.717) is 6.54 Å². The van der Waals surface area contributed by atoms with Gasteiger partial charge in [-0.2, -0.15) is 0 Å². The van der Waals surface area contributed by atoms with E-state index in [9.17, 15) is 9.90 Å². The van der Waals surface area contributed by atoms with Crippen LogP contribution in [0.2, 0.25) is 0 Å². The van der Waals surface area contributed by atoms with Gasteiger partial charge in [-0.1, -0.05) is 28.1 Å². The minimum atomic E-state index is -0.0712. The van der Waals surface area contributed by atoms with E-state index in [-0.39, 0.29) is 11.7 Å². The molecule has 1 aromatic carbocycles. The Bertz CT molecular complexity index is 388. The summed E-state index contributed by atoms with van der Waals surface area (Å²) >= 11 is 3.31. The van der Waals surface area contributed by atoms with Crippen molar-refractivity contribution in [3.63, 3.8) is 0 Å². The lowest BCUT2D eigenvalue weighted by Crippen LogP contribution is -2.19. The second-order valence-electron chi connectivity index (χ2n) is 3.04. The summed E-state index contributed by atoms with van der Waals surface area (Å²) in [6, 6.07) is 5.18. The van der Waals surface area contributed by atoms with Gasteiger partial charge >= 0.3 is 0 Å². The highest BCUT2D eigenvalue weighted by atomic mass is 79.9. The van der Waals surface area contributed by atoms with Crippen molar-refractivity contribution >= 4 is 27.9 Å². The lowest BCUT2D eigenvalue weighted by atomic mass is 10.2. The van der Waals surface area contributed by atoms with Crippen LogP contribution in [0.5, 0.6) is 5.75 Å². The Labute approximate surface area is 96.9 Å². The molecule has 3 nitrogen and oxygen atoms in total. The summed E-state index contributed by atoms with van der Waals surface area (Å²) in [5.41, 5.74) is 0.717. The molecule has 0 aliphatic heterocycles. The van der Waals surface area contributed by atoms with Crippen LogP contribution in [0.3, 0.4) is 0 Å². The Hall–Kier alpha value is -1.29. The Balaban J connectivity index is 2.63. The molecule has 1 amide bonds. The van der Waals surface area contributed by atoms with Crippen molar-refractivity contribution < 1.29 is 9.90 Å². The zero-order valence-corrected chi connectivity index (χ0v) is 9.91. The molecule has 0 saturated carbocycles. The number of nitrogens with one attached hydrogen (secondary N) is 1. The highest BCUT2D eigenvalue weighted by Crippen LogP contribution is 2.22. The van der Waals surface area contributed by atoms with E-state index in [0.717, 1.165) is 10.0 Å². The zero-order chi connectivity index (χ0) is 11.3. The first-order valence-electron chi connectivity index (χ1n) is 4.49. The van der Waals surface area contributed by atoms with E-state index < -0.39 is 0 Å². The maximum absolute atomic E-state index is 10.6. The monoisotopic (exact) mass is 269 g/mol. The molecule has 0 fully saturated rings. The summed E-state index contributed by atoms with van der Waals surface area (Å²) in [5, 5.41) is 12.1. The molecule has 0 spiro atoms. The summed E-state index contributed by atoms with van der Waals surface area (Å²) < 4.78 is 0.902. The molecule has 4 heteroatoms. The number of carbonyl (C=O) groups is 1. The predicted octanol–water partition coefficient (Wildman–Crippen LogP) is 2.30. The van der Waals surface area contributed by atoms with Crippen molar-refractivity contribution in [1.82, 2.24) is 5.32 Å². The topological polar surface area (TPSA) is 49.3 Å². The van der Waals surface area contributed by atoms with Crippen LogP contribution in [-0.4, -0.2) is 17.6 Å². The van der Waals surface area contributed by atoms with E-state index in [4.69, 9.17) is 0 Å². The van der Waals surface area contributed by atoms with Crippen LogP contribution >= 0.6 is 15.9 Å². The Morgan fingerprint density at radius 3 is 3.00 bits per heavy atom. The van der Waals surface area contributed by atoms with Gasteiger partial charge in [0, 0.05) is 23.5 Å². The second-order valence-corrected chi connectivity index (χ2v) is 3.96. The average molecular weight is 270 g/mol. The minimum Gasteiger partial charge on any atom is -0.507 e. The molecule has 0 heterocycles. The number of hydrogen-bond acceptors (Lipinski definition) is 2. The zero-order valence-electron chi connectivity index (χ0n) is 8.33. The minimum absolute atomic E-state index is 0.0712.